The monoisotopic (exact) mass is 370 g/mol. The number of rotatable bonds is 3. The minimum Gasteiger partial charge on any atom is -0.469 e. The molecular weight excluding hydrogens is 336 g/mol. The summed E-state index contributed by atoms with van der Waals surface area (Å²) in [5, 5.41) is 0. The maximum atomic E-state index is 12.0. The number of hydrogen-bond donors (Lipinski definition) is 0. The van der Waals surface area contributed by atoms with Gasteiger partial charge < -0.3 is 4.74 Å². The van der Waals surface area contributed by atoms with Crippen molar-refractivity contribution < 1.29 is 14.3 Å². The SMILES string of the molecule is C=C1CC2=CC(=O)CC[C@]2(C)[C@H]2CC[C@]3(C)[C@H](CCC(=O)OC)CC[C@H]3[C@H]12. The highest BCUT2D eigenvalue weighted by molar-refractivity contribution is 5.91. The van der Waals surface area contributed by atoms with Crippen molar-refractivity contribution >= 4 is 11.8 Å². The first kappa shape index (κ1) is 19.0. The van der Waals surface area contributed by atoms with Crippen molar-refractivity contribution in [1.82, 2.24) is 0 Å². The first-order valence-corrected chi connectivity index (χ1v) is 10.8. The number of ether oxygens (including phenoxy) is 1. The van der Waals surface area contributed by atoms with E-state index in [1.54, 1.807) is 0 Å². The molecule has 0 aromatic heterocycles. The van der Waals surface area contributed by atoms with Crippen molar-refractivity contribution in [3.63, 3.8) is 0 Å². The zero-order valence-corrected chi connectivity index (χ0v) is 17.2. The Morgan fingerprint density at radius 1 is 1.22 bits per heavy atom. The molecule has 4 aliphatic rings. The summed E-state index contributed by atoms with van der Waals surface area (Å²) in [6.07, 6.45) is 11.1. The summed E-state index contributed by atoms with van der Waals surface area (Å²) >= 11 is 0. The molecule has 27 heavy (non-hydrogen) atoms. The second-order valence-corrected chi connectivity index (χ2v) is 10.1. The van der Waals surface area contributed by atoms with Gasteiger partial charge in [0.2, 0.25) is 0 Å². The number of hydrogen-bond acceptors (Lipinski definition) is 3. The van der Waals surface area contributed by atoms with E-state index in [1.807, 2.05) is 6.08 Å². The fourth-order valence-electron chi connectivity index (χ4n) is 7.41. The molecule has 6 atom stereocenters. The van der Waals surface area contributed by atoms with Crippen molar-refractivity contribution in [1.29, 1.82) is 0 Å². The summed E-state index contributed by atoms with van der Waals surface area (Å²) in [5.41, 5.74) is 3.22. The van der Waals surface area contributed by atoms with Gasteiger partial charge in [0, 0.05) is 12.8 Å². The highest BCUT2D eigenvalue weighted by Gasteiger charge is 2.59. The van der Waals surface area contributed by atoms with Gasteiger partial charge >= 0.3 is 5.97 Å². The molecule has 0 aliphatic heterocycles. The van der Waals surface area contributed by atoms with Crippen molar-refractivity contribution in [2.45, 2.75) is 71.6 Å². The van der Waals surface area contributed by atoms with Gasteiger partial charge in [-0.15, -0.1) is 0 Å². The summed E-state index contributed by atoms with van der Waals surface area (Å²) in [6.45, 7) is 9.42. The normalized spacial score (nSPS) is 43.4. The van der Waals surface area contributed by atoms with Crippen molar-refractivity contribution in [3.05, 3.63) is 23.8 Å². The largest absolute Gasteiger partial charge is 0.469 e. The third kappa shape index (κ3) is 2.84. The summed E-state index contributed by atoms with van der Waals surface area (Å²) in [7, 11) is 1.49. The number of fused-ring (bicyclic) bond motifs is 5. The predicted molar refractivity (Wildman–Crippen MR) is 106 cm³/mol. The van der Waals surface area contributed by atoms with E-state index in [0.29, 0.717) is 47.7 Å². The summed E-state index contributed by atoms with van der Waals surface area (Å²) < 4.78 is 4.88. The Morgan fingerprint density at radius 3 is 2.74 bits per heavy atom. The molecule has 0 bridgehead atoms. The topological polar surface area (TPSA) is 43.4 Å². The van der Waals surface area contributed by atoms with E-state index in [4.69, 9.17) is 4.74 Å². The van der Waals surface area contributed by atoms with Gasteiger partial charge in [-0.3, -0.25) is 9.59 Å². The molecule has 0 spiro atoms. The Hall–Kier alpha value is -1.38. The zero-order valence-electron chi connectivity index (χ0n) is 17.2. The number of methoxy groups -OCH3 is 1. The molecule has 0 N–H and O–H groups in total. The Labute approximate surface area is 163 Å². The van der Waals surface area contributed by atoms with Crippen molar-refractivity contribution in [3.8, 4) is 0 Å². The lowest BCUT2D eigenvalue weighted by molar-refractivity contribution is -0.141. The van der Waals surface area contributed by atoms with Gasteiger partial charge in [-0.25, -0.2) is 0 Å². The van der Waals surface area contributed by atoms with E-state index in [9.17, 15) is 9.59 Å². The minimum absolute atomic E-state index is 0.0769. The number of esters is 1. The standard InChI is InChI=1S/C24H34O3/c1-15-13-17-14-18(25)9-11-24(17,3)20-10-12-23(2)16(6-8-21(26)27-4)5-7-19(23)22(15)20/h14,16,19-20,22H,1,5-13H2,2-4H3/t16-,19-,20-,22-,23+,24-/m0/s1. The molecule has 0 saturated heterocycles. The van der Waals surface area contributed by atoms with Crippen molar-refractivity contribution in [2.24, 2.45) is 34.5 Å². The van der Waals surface area contributed by atoms with E-state index in [2.05, 4.69) is 20.4 Å². The molecule has 3 fully saturated rings. The average Bonchev–Trinajstić information content (AvgIpc) is 2.97. The van der Waals surface area contributed by atoms with Gasteiger partial charge in [0.25, 0.3) is 0 Å². The van der Waals surface area contributed by atoms with E-state index < -0.39 is 0 Å². The van der Waals surface area contributed by atoms with Crippen LogP contribution in [0.1, 0.15) is 71.6 Å². The fraction of sp³-hybridized carbons (Fsp3) is 0.750. The maximum Gasteiger partial charge on any atom is 0.305 e. The predicted octanol–water partition coefficient (Wildman–Crippen LogP) is 5.25. The van der Waals surface area contributed by atoms with Crippen LogP contribution in [0.3, 0.4) is 0 Å². The molecule has 4 aliphatic carbocycles. The molecule has 0 aromatic rings. The van der Waals surface area contributed by atoms with Gasteiger partial charge in [0.05, 0.1) is 7.11 Å². The molecule has 3 saturated carbocycles. The number of carbonyl (C=O) groups excluding carboxylic acids is 2. The first-order chi connectivity index (χ1) is 12.8. The highest BCUT2D eigenvalue weighted by atomic mass is 16.5. The lowest BCUT2D eigenvalue weighted by Crippen LogP contribution is -2.51. The van der Waals surface area contributed by atoms with Crippen LogP contribution in [0.2, 0.25) is 0 Å². The molecule has 3 heteroatoms. The number of ketones is 1. The van der Waals surface area contributed by atoms with Gasteiger partial charge in [0.1, 0.15) is 0 Å². The molecular formula is C24H34O3. The van der Waals surface area contributed by atoms with Gasteiger partial charge in [-0.1, -0.05) is 31.6 Å². The second-order valence-electron chi connectivity index (χ2n) is 10.1. The summed E-state index contributed by atoms with van der Waals surface area (Å²) in [6, 6.07) is 0. The third-order valence-electron chi connectivity index (χ3n) is 9.06. The molecule has 148 valence electrons. The number of allylic oxidation sites excluding steroid dienone is 2. The van der Waals surface area contributed by atoms with Crippen LogP contribution >= 0.6 is 0 Å². The molecule has 4 rings (SSSR count). The van der Waals surface area contributed by atoms with Crippen LogP contribution in [0.5, 0.6) is 0 Å². The molecule has 0 unspecified atom stereocenters. The van der Waals surface area contributed by atoms with E-state index in [-0.39, 0.29) is 11.4 Å². The Bertz CT molecular complexity index is 704. The molecule has 0 aromatic carbocycles. The first-order valence-electron chi connectivity index (χ1n) is 10.8. The fourth-order valence-corrected chi connectivity index (χ4v) is 7.41. The Balaban J connectivity index is 1.59. The lowest BCUT2D eigenvalue weighted by Gasteiger charge is -2.58. The molecule has 0 amide bonds. The number of carbonyl (C=O) groups is 2. The average molecular weight is 371 g/mol. The molecule has 0 heterocycles. The molecule has 3 nitrogen and oxygen atoms in total. The maximum absolute atomic E-state index is 12.0. The van der Waals surface area contributed by atoms with E-state index in [0.717, 1.165) is 19.3 Å². The Morgan fingerprint density at radius 2 is 2.00 bits per heavy atom. The smallest absolute Gasteiger partial charge is 0.305 e. The van der Waals surface area contributed by atoms with Crippen LogP contribution in [-0.4, -0.2) is 18.9 Å². The summed E-state index contributed by atoms with van der Waals surface area (Å²) in [4.78, 5) is 23.7. The van der Waals surface area contributed by atoms with E-state index >= 15 is 0 Å². The highest BCUT2D eigenvalue weighted by Crippen LogP contribution is 2.68. The van der Waals surface area contributed by atoms with Crippen LogP contribution in [0.25, 0.3) is 0 Å². The van der Waals surface area contributed by atoms with Crippen LogP contribution in [0.4, 0.5) is 0 Å². The lowest BCUT2D eigenvalue weighted by atomic mass is 9.46. The zero-order chi connectivity index (χ0) is 19.4. The quantitative estimate of drug-likeness (QED) is 0.503. The third-order valence-corrected chi connectivity index (χ3v) is 9.06. The van der Waals surface area contributed by atoms with Crippen LogP contribution in [0, 0.1) is 34.5 Å². The van der Waals surface area contributed by atoms with Crippen LogP contribution in [0.15, 0.2) is 23.8 Å². The Kier molecular flexibility index (Phi) is 4.63. The van der Waals surface area contributed by atoms with Crippen LogP contribution in [-0.2, 0) is 14.3 Å². The van der Waals surface area contributed by atoms with Gasteiger partial charge in [-0.2, -0.15) is 0 Å². The second kappa shape index (κ2) is 6.60. The van der Waals surface area contributed by atoms with Crippen LogP contribution < -0.4 is 0 Å². The molecule has 0 radical (unpaired) electrons. The van der Waals surface area contributed by atoms with Gasteiger partial charge in [0.15, 0.2) is 5.78 Å². The van der Waals surface area contributed by atoms with Crippen molar-refractivity contribution in [2.75, 3.05) is 7.11 Å². The minimum atomic E-state index is -0.0769. The summed E-state index contributed by atoms with van der Waals surface area (Å²) in [5.74, 6) is 2.75. The van der Waals surface area contributed by atoms with E-state index in [1.165, 1.54) is 43.9 Å². The van der Waals surface area contributed by atoms with Gasteiger partial charge in [-0.05, 0) is 85.5 Å².